The van der Waals surface area contributed by atoms with Gasteiger partial charge in [0.2, 0.25) is 0 Å². The number of hydrogen-bond donors (Lipinski definition) is 1. The lowest BCUT2D eigenvalue weighted by Gasteiger charge is -2.06. The van der Waals surface area contributed by atoms with Gasteiger partial charge < -0.3 is 10.1 Å². The third-order valence-electron chi connectivity index (χ3n) is 4.05. The summed E-state index contributed by atoms with van der Waals surface area (Å²) in [6.07, 6.45) is 1.71. The Morgan fingerprint density at radius 2 is 1.93 bits per heavy atom. The Bertz CT molecular complexity index is 1080. The second-order valence-corrected chi connectivity index (χ2v) is 7.01. The zero-order valence-corrected chi connectivity index (χ0v) is 15.5. The van der Waals surface area contributed by atoms with Gasteiger partial charge in [-0.05, 0) is 31.2 Å². The maximum Gasteiger partial charge on any atom is 0.275 e. The number of nitrogens with one attached hydrogen (secondary N) is 1. The molecule has 4 aromatic rings. The van der Waals surface area contributed by atoms with Crippen molar-refractivity contribution in [3.63, 3.8) is 0 Å². The molecule has 1 N–H and O–H groups in total. The summed E-state index contributed by atoms with van der Waals surface area (Å²) >= 11 is 1.40. The molecule has 6 heteroatoms. The van der Waals surface area contributed by atoms with E-state index in [1.54, 1.807) is 11.6 Å². The molecular weight excluding hydrogens is 358 g/mol. The Kier molecular flexibility index (Phi) is 4.80. The number of pyridine rings is 1. The lowest BCUT2D eigenvalue weighted by molar-refractivity contribution is 0.102. The first-order chi connectivity index (χ1) is 13.2. The summed E-state index contributed by atoms with van der Waals surface area (Å²) in [7, 11) is 0. The van der Waals surface area contributed by atoms with E-state index in [2.05, 4.69) is 15.3 Å². The minimum absolute atomic E-state index is 0.258. The van der Waals surface area contributed by atoms with Crippen LogP contribution in [0.15, 0.2) is 66.2 Å². The number of ether oxygens (including phenoxy) is 1. The third kappa shape index (κ3) is 3.96. The highest BCUT2D eigenvalue weighted by molar-refractivity contribution is 7.09. The Hall–Kier alpha value is -3.25. The second kappa shape index (κ2) is 7.55. The lowest BCUT2D eigenvalue weighted by atomic mass is 10.2. The largest absolute Gasteiger partial charge is 0.486 e. The molecule has 0 aliphatic carbocycles. The van der Waals surface area contributed by atoms with Crippen LogP contribution in [0.25, 0.3) is 10.9 Å². The van der Waals surface area contributed by atoms with Gasteiger partial charge in [0, 0.05) is 17.0 Å². The van der Waals surface area contributed by atoms with E-state index in [9.17, 15) is 4.79 Å². The number of rotatable bonds is 5. The SMILES string of the molecule is Cc1ccc(OCc2nc(C(=O)Nc3cccc4cccnc34)cs2)cc1. The van der Waals surface area contributed by atoms with Gasteiger partial charge in [-0.2, -0.15) is 0 Å². The molecule has 2 aromatic carbocycles. The molecule has 134 valence electrons. The standard InChI is InChI=1S/C21H17N3O2S/c1-14-7-9-16(10-8-14)26-12-19-23-18(13-27-19)21(25)24-17-6-2-4-15-5-3-11-22-20(15)17/h2-11,13H,12H2,1H3,(H,24,25). The molecule has 5 nitrogen and oxygen atoms in total. The highest BCUT2D eigenvalue weighted by atomic mass is 32.1. The van der Waals surface area contributed by atoms with Gasteiger partial charge in [0.25, 0.3) is 5.91 Å². The van der Waals surface area contributed by atoms with E-state index >= 15 is 0 Å². The number of nitrogens with zero attached hydrogens (tertiary/aromatic N) is 2. The number of amides is 1. The number of para-hydroxylation sites is 1. The summed E-state index contributed by atoms with van der Waals surface area (Å²) in [4.78, 5) is 21.3. The predicted octanol–water partition coefficient (Wildman–Crippen LogP) is 4.83. The molecule has 1 amide bonds. The molecule has 0 saturated carbocycles. The summed E-state index contributed by atoms with van der Waals surface area (Å²) in [6, 6.07) is 17.3. The van der Waals surface area contributed by atoms with Crippen LogP contribution in [0, 0.1) is 6.92 Å². The normalized spacial score (nSPS) is 10.7. The fourth-order valence-electron chi connectivity index (χ4n) is 2.65. The molecule has 0 saturated heterocycles. The number of carbonyl (C=O) groups is 1. The van der Waals surface area contributed by atoms with E-state index in [0.29, 0.717) is 18.0 Å². The fraction of sp³-hybridized carbons (Fsp3) is 0.0952. The number of hydrogen-bond acceptors (Lipinski definition) is 5. The maximum atomic E-state index is 12.5. The van der Waals surface area contributed by atoms with E-state index in [4.69, 9.17) is 4.74 Å². The molecule has 0 radical (unpaired) electrons. The zero-order valence-electron chi connectivity index (χ0n) is 14.7. The average Bonchev–Trinajstić information content (AvgIpc) is 3.17. The van der Waals surface area contributed by atoms with Crippen LogP contribution in [0.2, 0.25) is 0 Å². The van der Waals surface area contributed by atoms with Crippen molar-refractivity contribution >= 4 is 33.8 Å². The van der Waals surface area contributed by atoms with Gasteiger partial charge >= 0.3 is 0 Å². The van der Waals surface area contributed by atoms with E-state index < -0.39 is 0 Å². The van der Waals surface area contributed by atoms with Crippen LogP contribution in [0.5, 0.6) is 5.75 Å². The summed E-state index contributed by atoms with van der Waals surface area (Å²) in [5.41, 5.74) is 2.98. The van der Waals surface area contributed by atoms with Crippen LogP contribution in [0.1, 0.15) is 21.1 Å². The zero-order chi connectivity index (χ0) is 18.6. The minimum atomic E-state index is -0.258. The molecule has 27 heavy (non-hydrogen) atoms. The summed E-state index contributed by atoms with van der Waals surface area (Å²) in [5.74, 6) is 0.523. The summed E-state index contributed by atoms with van der Waals surface area (Å²) in [6.45, 7) is 2.36. The van der Waals surface area contributed by atoms with Gasteiger partial charge in [-0.15, -0.1) is 11.3 Å². The number of anilines is 1. The Labute approximate surface area is 160 Å². The van der Waals surface area contributed by atoms with Crippen LogP contribution >= 0.6 is 11.3 Å². The van der Waals surface area contributed by atoms with Crippen LogP contribution in [-0.2, 0) is 6.61 Å². The molecule has 0 aliphatic rings. The van der Waals surface area contributed by atoms with Crippen molar-refractivity contribution in [2.24, 2.45) is 0 Å². The first-order valence-corrected chi connectivity index (χ1v) is 9.36. The molecule has 2 heterocycles. The fourth-order valence-corrected chi connectivity index (χ4v) is 3.34. The Morgan fingerprint density at radius 3 is 2.78 bits per heavy atom. The molecule has 0 bridgehead atoms. The van der Waals surface area contributed by atoms with Crippen molar-refractivity contribution in [2.45, 2.75) is 13.5 Å². The number of aromatic nitrogens is 2. The number of carbonyl (C=O) groups excluding carboxylic acids is 1. The van der Waals surface area contributed by atoms with Crippen molar-refractivity contribution in [1.82, 2.24) is 9.97 Å². The highest BCUT2D eigenvalue weighted by Gasteiger charge is 2.13. The average molecular weight is 375 g/mol. The predicted molar refractivity (Wildman–Crippen MR) is 107 cm³/mol. The molecule has 2 aromatic heterocycles. The van der Waals surface area contributed by atoms with Gasteiger partial charge in [-0.1, -0.05) is 35.9 Å². The molecular formula is C21H17N3O2S. The minimum Gasteiger partial charge on any atom is -0.486 e. The smallest absolute Gasteiger partial charge is 0.275 e. The molecule has 0 spiro atoms. The second-order valence-electron chi connectivity index (χ2n) is 6.06. The number of thiazole rings is 1. The van der Waals surface area contributed by atoms with Crippen molar-refractivity contribution in [3.8, 4) is 5.75 Å². The lowest BCUT2D eigenvalue weighted by Crippen LogP contribution is -2.13. The van der Waals surface area contributed by atoms with Gasteiger partial charge in [0.1, 0.15) is 23.1 Å². The van der Waals surface area contributed by atoms with Gasteiger partial charge in [-0.25, -0.2) is 4.98 Å². The van der Waals surface area contributed by atoms with Gasteiger partial charge in [0.05, 0.1) is 11.2 Å². The van der Waals surface area contributed by atoms with Crippen LogP contribution in [0.4, 0.5) is 5.69 Å². The molecule has 0 atom stereocenters. The van der Waals surface area contributed by atoms with Crippen molar-refractivity contribution < 1.29 is 9.53 Å². The van der Waals surface area contributed by atoms with Crippen LogP contribution in [-0.4, -0.2) is 15.9 Å². The molecule has 4 rings (SSSR count). The topological polar surface area (TPSA) is 64.1 Å². The third-order valence-corrected chi connectivity index (χ3v) is 4.87. The van der Waals surface area contributed by atoms with Crippen molar-refractivity contribution in [2.75, 3.05) is 5.32 Å². The highest BCUT2D eigenvalue weighted by Crippen LogP contribution is 2.22. The Balaban J connectivity index is 1.44. The van der Waals surface area contributed by atoms with Crippen LogP contribution < -0.4 is 10.1 Å². The van der Waals surface area contributed by atoms with Crippen molar-refractivity contribution in [1.29, 1.82) is 0 Å². The summed E-state index contributed by atoms with van der Waals surface area (Å²) in [5, 5.41) is 6.35. The first kappa shape index (κ1) is 17.2. The van der Waals surface area contributed by atoms with Crippen molar-refractivity contribution in [3.05, 3.63) is 82.4 Å². The number of aryl methyl sites for hydroxylation is 1. The molecule has 0 unspecified atom stereocenters. The maximum absolute atomic E-state index is 12.5. The van der Waals surface area contributed by atoms with Crippen LogP contribution in [0.3, 0.4) is 0 Å². The van der Waals surface area contributed by atoms with Gasteiger partial charge in [-0.3, -0.25) is 9.78 Å². The van der Waals surface area contributed by atoms with E-state index in [-0.39, 0.29) is 5.91 Å². The summed E-state index contributed by atoms with van der Waals surface area (Å²) < 4.78 is 5.72. The number of fused-ring (bicyclic) bond motifs is 1. The Morgan fingerprint density at radius 1 is 1.11 bits per heavy atom. The number of benzene rings is 2. The van der Waals surface area contributed by atoms with E-state index in [1.807, 2.05) is 61.5 Å². The van der Waals surface area contributed by atoms with E-state index in [0.717, 1.165) is 21.7 Å². The molecule has 0 fully saturated rings. The quantitative estimate of drug-likeness (QED) is 0.543. The first-order valence-electron chi connectivity index (χ1n) is 8.48. The monoisotopic (exact) mass is 375 g/mol. The van der Waals surface area contributed by atoms with Gasteiger partial charge in [0.15, 0.2) is 0 Å². The van der Waals surface area contributed by atoms with E-state index in [1.165, 1.54) is 16.9 Å². The molecule has 0 aliphatic heterocycles.